The Morgan fingerprint density at radius 2 is 1.15 bits per heavy atom. The molecule has 5 N–H and O–H groups in total. The Morgan fingerprint density at radius 3 is 1.58 bits per heavy atom. The van der Waals surface area contributed by atoms with E-state index in [2.05, 4.69) is 66.5 Å². The number of para-hydroxylation sites is 2. The number of nitrogens with one attached hydrogen (secondary N) is 3. The van der Waals surface area contributed by atoms with Crippen LogP contribution in [0.3, 0.4) is 0 Å². The maximum Gasteiger partial charge on any atom is 0.184 e. The lowest BCUT2D eigenvalue weighted by Crippen LogP contribution is -2.09. The zero-order chi connectivity index (χ0) is 46.9. The molecule has 2 saturated carbocycles. The predicted octanol–water partition coefficient (Wildman–Crippen LogP) is 7.69. The monoisotopic (exact) mass is 920 g/mol. The van der Waals surface area contributed by atoms with Crippen LogP contribution >= 0.6 is 11.6 Å². The fraction of sp³-hybridized carbons (Fsp3) is 0.217. The number of pyridine rings is 2. The molecule has 0 spiro atoms. The van der Waals surface area contributed by atoms with Crippen molar-refractivity contribution in [2.24, 2.45) is 25.9 Å². The Hall–Kier alpha value is -8.39. The first-order chi connectivity index (χ1) is 32.6. The van der Waals surface area contributed by atoms with Crippen LogP contribution < -0.4 is 31.2 Å². The quantitative estimate of drug-likeness (QED) is 0.0602. The largest absolute Gasteiger partial charge is 0.494 e. The van der Waals surface area contributed by atoms with Crippen molar-refractivity contribution in [3.05, 3.63) is 127 Å². The molecule has 0 amide bonds. The second-order valence-electron chi connectivity index (χ2n) is 15.3. The Kier molecular flexibility index (Phi) is 13.9. The van der Waals surface area contributed by atoms with Crippen LogP contribution in [0.1, 0.15) is 46.4 Å². The number of nitrogens with two attached hydrogens (primary N) is 1. The van der Waals surface area contributed by atoms with Crippen LogP contribution in [0.2, 0.25) is 5.15 Å². The van der Waals surface area contributed by atoms with E-state index >= 15 is 0 Å². The van der Waals surface area contributed by atoms with Gasteiger partial charge in [0.05, 0.1) is 59.2 Å². The molecule has 0 saturated heterocycles. The smallest absolute Gasteiger partial charge is 0.184 e. The van der Waals surface area contributed by atoms with E-state index in [9.17, 15) is 9.59 Å². The van der Waals surface area contributed by atoms with E-state index in [1.54, 1.807) is 98.3 Å². The van der Waals surface area contributed by atoms with Gasteiger partial charge in [0, 0.05) is 56.8 Å². The molecular weight excluding hydrogens is 876 g/mol. The number of rotatable bonds is 14. The van der Waals surface area contributed by atoms with Gasteiger partial charge in [-0.2, -0.15) is 20.4 Å². The van der Waals surface area contributed by atoms with E-state index in [0.29, 0.717) is 79.6 Å². The first-order valence-corrected chi connectivity index (χ1v) is 21.4. The van der Waals surface area contributed by atoms with E-state index in [1.165, 1.54) is 6.20 Å². The highest BCUT2D eigenvalue weighted by molar-refractivity contribution is 6.30. The van der Waals surface area contributed by atoms with Gasteiger partial charge in [0.1, 0.15) is 29.4 Å². The number of hydrogen-bond donors (Lipinski definition) is 4. The van der Waals surface area contributed by atoms with Gasteiger partial charge in [0.25, 0.3) is 0 Å². The van der Waals surface area contributed by atoms with Gasteiger partial charge in [-0.15, -0.1) is 10.2 Å². The highest BCUT2D eigenvalue weighted by Gasteiger charge is 2.33. The van der Waals surface area contributed by atoms with E-state index in [-0.39, 0.29) is 23.4 Å². The number of ether oxygens (including phenoxy) is 2. The summed E-state index contributed by atoms with van der Waals surface area (Å²) in [6.45, 7) is 0. The number of hydrogen-bond acceptors (Lipinski definition) is 18. The highest BCUT2D eigenvalue weighted by Crippen LogP contribution is 2.41. The van der Waals surface area contributed by atoms with Crippen LogP contribution in [-0.2, 0) is 14.1 Å². The molecule has 6 aromatic heterocycles. The molecule has 21 heteroatoms. The van der Waals surface area contributed by atoms with Crippen LogP contribution in [0, 0.1) is 11.8 Å². The molecule has 0 radical (unpaired) electrons. The number of halogens is 1. The lowest BCUT2D eigenvalue weighted by Gasteiger charge is -2.17. The Labute approximate surface area is 389 Å². The number of aromatic nitrogens is 12. The van der Waals surface area contributed by atoms with Crippen molar-refractivity contribution < 1.29 is 19.1 Å². The van der Waals surface area contributed by atoms with Gasteiger partial charge < -0.3 is 31.2 Å². The first-order valence-electron chi connectivity index (χ1n) is 21.0. The topological polar surface area (TPSA) is 253 Å². The summed E-state index contributed by atoms with van der Waals surface area (Å²) >= 11 is 6.07. The lowest BCUT2D eigenvalue weighted by molar-refractivity contribution is 0.0960. The van der Waals surface area contributed by atoms with Crippen LogP contribution in [0.25, 0.3) is 22.8 Å². The molecule has 340 valence electrons. The van der Waals surface area contributed by atoms with E-state index < -0.39 is 0 Å². The van der Waals surface area contributed by atoms with Crippen molar-refractivity contribution in [2.45, 2.75) is 25.7 Å². The number of carbonyl (C=O) groups excluding carboxylic acids is 2. The highest BCUT2D eigenvalue weighted by atomic mass is 35.5. The summed E-state index contributed by atoms with van der Waals surface area (Å²) in [6, 6.07) is 21.7. The molecule has 0 atom stereocenters. The third-order valence-electron chi connectivity index (χ3n) is 10.3. The third-order valence-corrected chi connectivity index (χ3v) is 10.5. The summed E-state index contributed by atoms with van der Waals surface area (Å²) < 4.78 is 14.6. The zero-order valence-electron chi connectivity index (χ0n) is 36.8. The molecule has 10 rings (SSSR count). The van der Waals surface area contributed by atoms with Gasteiger partial charge >= 0.3 is 0 Å². The van der Waals surface area contributed by atoms with Gasteiger partial charge in [-0.1, -0.05) is 23.7 Å². The lowest BCUT2D eigenvalue weighted by atomic mass is 10.1. The second-order valence-corrected chi connectivity index (χ2v) is 15.7. The molecule has 6 heterocycles. The van der Waals surface area contributed by atoms with Gasteiger partial charge in [-0.3, -0.25) is 19.0 Å². The van der Waals surface area contributed by atoms with Gasteiger partial charge in [0.2, 0.25) is 0 Å². The van der Waals surface area contributed by atoms with Gasteiger partial charge in [0.15, 0.2) is 40.5 Å². The fourth-order valence-electron chi connectivity index (χ4n) is 6.78. The summed E-state index contributed by atoms with van der Waals surface area (Å²) in [6.07, 6.45) is 13.2. The number of methoxy groups -OCH3 is 2. The molecule has 0 aliphatic heterocycles. The predicted molar refractivity (Wildman–Crippen MR) is 252 cm³/mol. The Bertz CT molecular complexity index is 3000. The molecule has 2 aliphatic rings. The van der Waals surface area contributed by atoms with Crippen molar-refractivity contribution >= 4 is 63.4 Å². The number of ketones is 2. The standard InChI is InChI=1S/C23H22N8O2.C19H18ClN5O2.C4H5N3/c1-31-13-25-23(30-31)15-5-3-6-17(22(15)33-2)27-18-11-20(28-19-7-4-10-26-29-19)24-12-16(18)21(32)14-8-9-14;1-25-10-22-19(24-25)12-4-3-5-14(18(12)27-2)23-15-8-16(20)21-9-13(15)17(26)11-6-7-11;5-4-2-1-3-6-7-4/h3-7,10-14H,8-9H2,1-2H3,(H2,24,27,28,29);3-5,8-11H,6-7H2,1-2H3,(H,21,23);1-3H,(H2,5,7). The van der Waals surface area contributed by atoms with E-state index in [4.69, 9.17) is 26.8 Å². The minimum Gasteiger partial charge on any atom is -0.494 e. The molecule has 67 heavy (non-hydrogen) atoms. The molecule has 20 nitrogen and oxygen atoms in total. The van der Waals surface area contributed by atoms with Crippen molar-refractivity contribution in [3.8, 4) is 34.3 Å². The number of anilines is 7. The number of nitrogen functional groups attached to an aromatic ring is 1. The van der Waals surface area contributed by atoms with Crippen molar-refractivity contribution in [2.75, 3.05) is 35.9 Å². The van der Waals surface area contributed by atoms with Crippen LogP contribution in [0.5, 0.6) is 11.5 Å². The minimum absolute atomic E-state index is 0.0529. The SMILES string of the molecule is COc1c(Nc2cc(Cl)ncc2C(=O)C2CC2)cccc1-c1ncn(C)n1.COc1c(Nc2cc(Nc3cccnn3)ncc2C(=O)C2CC2)cccc1-c1ncn(C)n1.Nc1cccnn1. The summed E-state index contributed by atoms with van der Waals surface area (Å²) in [5, 5.41) is 33.7. The van der Waals surface area contributed by atoms with Gasteiger partial charge in [-0.25, -0.2) is 19.9 Å². The van der Waals surface area contributed by atoms with Crippen LogP contribution in [0.4, 0.5) is 40.2 Å². The normalized spacial score (nSPS) is 12.7. The second kappa shape index (κ2) is 20.6. The summed E-state index contributed by atoms with van der Waals surface area (Å²) in [5.74, 6) is 4.12. The van der Waals surface area contributed by atoms with Crippen molar-refractivity contribution in [1.29, 1.82) is 0 Å². The molecule has 0 unspecified atom stereocenters. The first kappa shape index (κ1) is 45.2. The molecule has 0 bridgehead atoms. The molecular formula is C46H45ClN16O4. The minimum atomic E-state index is 0.0529. The van der Waals surface area contributed by atoms with Crippen LogP contribution in [-0.4, -0.2) is 85.7 Å². The molecule has 8 aromatic rings. The van der Waals surface area contributed by atoms with E-state index in [1.807, 2.05) is 43.4 Å². The van der Waals surface area contributed by atoms with E-state index in [0.717, 1.165) is 36.8 Å². The average molecular weight is 921 g/mol. The summed E-state index contributed by atoms with van der Waals surface area (Å²) in [7, 11) is 6.79. The Balaban J connectivity index is 0.000000161. The Morgan fingerprint density at radius 1 is 0.627 bits per heavy atom. The van der Waals surface area contributed by atoms with Crippen LogP contribution in [0.15, 0.2) is 110 Å². The number of carbonyl (C=O) groups is 2. The molecule has 2 aromatic carbocycles. The maximum absolute atomic E-state index is 13.0. The van der Waals surface area contributed by atoms with Crippen molar-refractivity contribution in [1.82, 2.24) is 59.9 Å². The number of benzene rings is 2. The third kappa shape index (κ3) is 11.3. The maximum atomic E-state index is 13.0. The number of Topliss-reactive ketones (excluding diaryl/α,β-unsaturated/α-hetero) is 2. The summed E-state index contributed by atoms with van der Waals surface area (Å²) in [4.78, 5) is 42.7. The summed E-state index contributed by atoms with van der Waals surface area (Å²) in [5.41, 5.74) is 10.3. The van der Waals surface area contributed by atoms with Crippen molar-refractivity contribution in [3.63, 3.8) is 0 Å². The fourth-order valence-corrected chi connectivity index (χ4v) is 6.93. The number of aryl methyl sites for hydroxylation is 2. The molecule has 2 fully saturated rings. The number of nitrogens with zero attached hydrogens (tertiary/aromatic N) is 12. The zero-order valence-corrected chi connectivity index (χ0v) is 37.6. The molecule has 2 aliphatic carbocycles. The van der Waals surface area contributed by atoms with Gasteiger partial charge in [-0.05, 0) is 80.3 Å². The average Bonchev–Trinajstić information content (AvgIpc) is 4.28.